The van der Waals surface area contributed by atoms with Crippen LogP contribution < -0.4 is 0 Å². The minimum Gasteiger partial charge on any atom is -0.314 e. The normalized spacial score (nSPS) is 13.8. The number of rotatable bonds is 1. The molecule has 0 aromatic rings. The van der Waals surface area contributed by atoms with Crippen molar-refractivity contribution in [3.63, 3.8) is 0 Å². The third kappa shape index (κ3) is 1.74. The van der Waals surface area contributed by atoms with Gasteiger partial charge in [0.05, 0.1) is 0 Å². The standard InChI is InChI=1S/H2O6S2/c1-7(2,3)8(4,5)6/h(H,1,2,3)(H,4,5,6)/p+2. The lowest BCUT2D eigenvalue weighted by molar-refractivity contribution is 0.460. The van der Waals surface area contributed by atoms with E-state index in [1.165, 1.54) is 0 Å². The van der Waals surface area contributed by atoms with Crippen LogP contribution in [-0.4, -0.2) is 25.9 Å². The highest BCUT2D eigenvalue weighted by atomic mass is 33.2. The smallest absolute Gasteiger partial charge is 0.314 e. The molecule has 0 saturated carbocycles. The number of hydrogen-bond acceptors (Lipinski definition) is 4. The Labute approximate surface area is 45.0 Å². The van der Waals surface area contributed by atoms with Crippen molar-refractivity contribution in [3.05, 3.63) is 0 Å². The predicted octanol–water partition coefficient (Wildman–Crippen LogP) is -2.99. The Morgan fingerprint density at radius 1 is 0.750 bits per heavy atom. The zero-order valence-electron chi connectivity index (χ0n) is 3.45. The van der Waals surface area contributed by atoms with Crippen LogP contribution >= 0.6 is 0 Å². The predicted molar refractivity (Wildman–Crippen MR) is 25.1 cm³/mol. The lowest BCUT2D eigenvalue weighted by Gasteiger charge is -1.75. The van der Waals surface area contributed by atoms with Crippen LogP contribution in [0.2, 0.25) is 0 Å². The lowest BCUT2D eigenvalue weighted by atomic mass is 15.9. The first kappa shape index (κ1) is 7.82. The van der Waals surface area contributed by atoms with Crippen LogP contribution in [-0.2, 0) is 18.3 Å². The summed E-state index contributed by atoms with van der Waals surface area (Å²) >= 11 is 0. The molecule has 0 spiro atoms. The van der Waals surface area contributed by atoms with Crippen molar-refractivity contribution in [2.75, 3.05) is 0 Å². The van der Waals surface area contributed by atoms with Gasteiger partial charge in [-0.25, -0.2) is 0 Å². The van der Waals surface area contributed by atoms with E-state index in [9.17, 15) is 16.8 Å². The van der Waals surface area contributed by atoms with Crippen LogP contribution in [0.4, 0.5) is 0 Å². The highest BCUT2D eigenvalue weighted by Gasteiger charge is 2.35. The van der Waals surface area contributed by atoms with Gasteiger partial charge >= 0.3 is 18.3 Å². The maximum Gasteiger partial charge on any atom is 0.564 e. The summed E-state index contributed by atoms with van der Waals surface area (Å²) in [5.74, 6) is 0. The fraction of sp³-hybridized carbons (Fsp3) is 0. The van der Waals surface area contributed by atoms with Gasteiger partial charge < -0.3 is 9.11 Å². The van der Waals surface area contributed by atoms with E-state index in [4.69, 9.17) is 9.11 Å². The van der Waals surface area contributed by atoms with Crippen molar-refractivity contribution in [1.82, 2.24) is 0 Å². The molecule has 0 aliphatic rings. The summed E-state index contributed by atoms with van der Waals surface area (Å²) in [6.45, 7) is 0. The molecule has 8 heteroatoms. The molecule has 0 amide bonds. The van der Waals surface area contributed by atoms with E-state index in [0.717, 1.165) is 0 Å². The second kappa shape index (κ2) is 1.65. The van der Waals surface area contributed by atoms with Gasteiger partial charge in [0.2, 0.25) is 0 Å². The van der Waals surface area contributed by atoms with Crippen LogP contribution in [0.15, 0.2) is 0 Å². The second-order valence-electron chi connectivity index (χ2n) is 0.908. The summed E-state index contributed by atoms with van der Waals surface area (Å²) in [5, 5.41) is 0. The summed E-state index contributed by atoms with van der Waals surface area (Å²) in [5.41, 5.74) is 0. The molecule has 0 aliphatic carbocycles. The molecular weight excluding hydrogens is 160 g/mol. The Hall–Kier alpha value is -0.180. The zero-order chi connectivity index (χ0) is 7.00. The molecule has 50 valence electrons. The third-order valence-corrected chi connectivity index (χ3v) is 2.60. The average molecular weight is 164 g/mol. The van der Waals surface area contributed by atoms with Gasteiger partial charge in [-0.05, 0) is 0 Å². The fourth-order valence-electron chi connectivity index (χ4n) is 0. The molecule has 0 atom stereocenters. The van der Waals surface area contributed by atoms with Crippen molar-refractivity contribution < 1.29 is 25.9 Å². The molecule has 0 aromatic carbocycles. The van der Waals surface area contributed by atoms with Crippen LogP contribution in [0.1, 0.15) is 0 Å². The minimum atomic E-state index is -4.95. The van der Waals surface area contributed by atoms with Crippen molar-refractivity contribution in [1.29, 1.82) is 0 Å². The molecule has 0 rings (SSSR count). The van der Waals surface area contributed by atoms with Crippen molar-refractivity contribution >= 4 is 18.3 Å². The van der Waals surface area contributed by atoms with Gasteiger partial charge in [-0.2, -0.15) is 0 Å². The molecule has 0 aliphatic heterocycles. The van der Waals surface area contributed by atoms with Crippen molar-refractivity contribution in [2.24, 2.45) is 0 Å². The Balaban J connectivity index is 5.18. The molecule has 0 saturated heterocycles. The van der Waals surface area contributed by atoms with Crippen LogP contribution in [0.5, 0.6) is 0 Å². The lowest BCUT2D eigenvalue weighted by Crippen LogP contribution is -2.11. The summed E-state index contributed by atoms with van der Waals surface area (Å²) in [7, 11) is -9.90. The van der Waals surface area contributed by atoms with Crippen molar-refractivity contribution in [3.8, 4) is 0 Å². The van der Waals surface area contributed by atoms with Crippen molar-refractivity contribution in [2.45, 2.75) is 0 Å². The van der Waals surface area contributed by atoms with Crippen LogP contribution in [0.25, 0.3) is 0 Å². The molecule has 0 aromatic heterocycles. The summed E-state index contributed by atoms with van der Waals surface area (Å²) < 4.78 is 49.7. The molecule has 0 radical (unpaired) electrons. The van der Waals surface area contributed by atoms with Gasteiger partial charge in [0, 0.05) is 0 Å². The molecule has 0 unspecified atom stereocenters. The Kier molecular flexibility index (Phi) is 1.62. The largest absolute Gasteiger partial charge is 0.564 e. The molecule has 6 nitrogen and oxygen atoms in total. The average Bonchev–Trinajstić information content (AvgIpc) is 1.25. The van der Waals surface area contributed by atoms with E-state index in [0.29, 0.717) is 0 Å². The molecule has 0 fully saturated rings. The summed E-state index contributed by atoms with van der Waals surface area (Å²) in [6.07, 6.45) is 0. The molecule has 0 heterocycles. The summed E-state index contributed by atoms with van der Waals surface area (Å²) in [4.78, 5) is 0. The highest BCUT2D eigenvalue weighted by Crippen LogP contribution is 1.90. The monoisotopic (exact) mass is 164 g/mol. The summed E-state index contributed by atoms with van der Waals surface area (Å²) in [6, 6.07) is 0. The Bertz CT molecular complexity index is 219. The minimum absolute atomic E-state index is 4.95. The van der Waals surface area contributed by atoms with Gasteiger partial charge in [-0.15, -0.1) is 16.8 Å². The van der Waals surface area contributed by atoms with Gasteiger partial charge in [0.25, 0.3) is 0 Å². The number of hydrogen-bond donors (Lipinski definition) is 0. The first-order valence-corrected chi connectivity index (χ1v) is 4.72. The third-order valence-electron chi connectivity index (χ3n) is 0.289. The maximum absolute atomic E-state index is 9.54. The van der Waals surface area contributed by atoms with E-state index in [-0.39, 0.29) is 0 Å². The SMILES string of the molecule is O=S(=O)([OH2+])S(=O)(=O)[OH2+]. The Morgan fingerprint density at radius 3 is 0.875 bits per heavy atom. The van der Waals surface area contributed by atoms with Gasteiger partial charge in [-0.3, -0.25) is 0 Å². The van der Waals surface area contributed by atoms with Crippen LogP contribution in [0, 0.1) is 0 Å². The topological polar surface area (TPSA) is 114 Å². The fourth-order valence-corrected chi connectivity index (χ4v) is 0. The zero-order valence-corrected chi connectivity index (χ0v) is 5.08. The van der Waals surface area contributed by atoms with E-state index in [2.05, 4.69) is 0 Å². The van der Waals surface area contributed by atoms with Gasteiger partial charge in [0.1, 0.15) is 0 Å². The first-order chi connectivity index (χ1) is 3.25. The molecular formula is H4O6S2+2. The van der Waals surface area contributed by atoms with Gasteiger partial charge in [-0.1, -0.05) is 0 Å². The van der Waals surface area contributed by atoms with Gasteiger partial charge in [0.15, 0.2) is 0 Å². The van der Waals surface area contributed by atoms with Crippen LogP contribution in [0.3, 0.4) is 0 Å². The van der Waals surface area contributed by atoms with E-state index in [1.807, 2.05) is 0 Å². The second-order valence-corrected chi connectivity index (χ2v) is 5.36. The quantitative estimate of drug-likeness (QED) is 0.303. The molecule has 8 heavy (non-hydrogen) atoms. The van der Waals surface area contributed by atoms with E-state index in [1.54, 1.807) is 0 Å². The maximum atomic E-state index is 9.54. The molecule has 0 bridgehead atoms. The highest BCUT2D eigenvalue weighted by molar-refractivity contribution is 8.62. The Morgan fingerprint density at radius 2 is 0.875 bits per heavy atom. The van der Waals surface area contributed by atoms with E-state index < -0.39 is 18.3 Å². The van der Waals surface area contributed by atoms with E-state index >= 15 is 0 Å². The molecule has 4 N–H and O–H groups in total. The first-order valence-electron chi connectivity index (χ1n) is 1.24.